The van der Waals surface area contributed by atoms with E-state index >= 15 is 0 Å². The molecule has 18 heavy (non-hydrogen) atoms. The lowest BCUT2D eigenvalue weighted by Gasteiger charge is -2.11. The molecule has 0 fully saturated rings. The van der Waals surface area contributed by atoms with E-state index in [9.17, 15) is 4.39 Å². The van der Waals surface area contributed by atoms with E-state index < -0.39 is 0 Å². The number of ether oxygens (including phenoxy) is 1. The molecule has 0 saturated carbocycles. The molecule has 0 unspecified atom stereocenters. The molecule has 0 spiro atoms. The van der Waals surface area contributed by atoms with Gasteiger partial charge in [0.2, 0.25) is 0 Å². The summed E-state index contributed by atoms with van der Waals surface area (Å²) in [4.78, 5) is 0. The Bertz CT molecular complexity index is 575. The number of halogens is 4. The zero-order valence-electron chi connectivity index (χ0n) is 9.09. The van der Waals surface area contributed by atoms with Crippen molar-refractivity contribution < 1.29 is 9.13 Å². The standard InChI is InChI=1S/C13H8Br2ClFO/c14-7-9-11(17)2-1-3-12(9)18-13-5-4-8(16)6-10(13)15/h1-6H,7H2. The molecule has 94 valence electrons. The second kappa shape index (κ2) is 6.04. The van der Waals surface area contributed by atoms with E-state index in [2.05, 4.69) is 31.9 Å². The number of hydrogen-bond donors (Lipinski definition) is 0. The highest BCUT2D eigenvalue weighted by Gasteiger charge is 2.10. The summed E-state index contributed by atoms with van der Waals surface area (Å²) >= 11 is 12.5. The maximum absolute atomic E-state index is 13.6. The lowest BCUT2D eigenvalue weighted by Crippen LogP contribution is -1.93. The first-order valence-corrected chi connectivity index (χ1v) is 7.37. The van der Waals surface area contributed by atoms with Crippen molar-refractivity contribution >= 4 is 43.5 Å². The summed E-state index contributed by atoms with van der Waals surface area (Å²) in [5.74, 6) is 0.775. The third kappa shape index (κ3) is 3.05. The molecule has 2 aromatic rings. The SMILES string of the molecule is Fc1cccc(Oc2ccc(Cl)cc2Br)c1CBr. The molecule has 1 nitrogen and oxygen atoms in total. The van der Waals surface area contributed by atoms with Crippen LogP contribution < -0.4 is 4.74 Å². The van der Waals surface area contributed by atoms with Crippen molar-refractivity contribution in [2.24, 2.45) is 0 Å². The Morgan fingerprint density at radius 3 is 2.61 bits per heavy atom. The summed E-state index contributed by atoms with van der Waals surface area (Å²) in [5.41, 5.74) is 0.486. The molecule has 0 aliphatic heterocycles. The van der Waals surface area contributed by atoms with Crippen LogP contribution in [0.4, 0.5) is 4.39 Å². The minimum Gasteiger partial charge on any atom is -0.456 e. The quantitative estimate of drug-likeness (QED) is 0.587. The van der Waals surface area contributed by atoms with Gasteiger partial charge in [-0.1, -0.05) is 33.6 Å². The molecule has 0 saturated heterocycles. The Labute approximate surface area is 126 Å². The van der Waals surface area contributed by atoms with Crippen LogP contribution in [0.5, 0.6) is 11.5 Å². The van der Waals surface area contributed by atoms with E-state index in [0.717, 1.165) is 4.47 Å². The van der Waals surface area contributed by atoms with Crippen LogP contribution in [0, 0.1) is 5.82 Å². The normalized spacial score (nSPS) is 10.4. The van der Waals surface area contributed by atoms with Gasteiger partial charge in [0.1, 0.15) is 17.3 Å². The van der Waals surface area contributed by atoms with Crippen molar-refractivity contribution in [3.63, 3.8) is 0 Å². The van der Waals surface area contributed by atoms with E-state index in [0.29, 0.717) is 27.4 Å². The summed E-state index contributed by atoms with van der Waals surface area (Å²) in [6.45, 7) is 0. The second-order valence-corrected chi connectivity index (χ2v) is 5.38. The van der Waals surface area contributed by atoms with Crippen LogP contribution >= 0.6 is 43.5 Å². The molecule has 0 aromatic heterocycles. The van der Waals surface area contributed by atoms with Gasteiger partial charge in [-0.3, -0.25) is 0 Å². The van der Waals surface area contributed by atoms with Crippen LogP contribution in [0.25, 0.3) is 0 Å². The van der Waals surface area contributed by atoms with Gasteiger partial charge >= 0.3 is 0 Å². The Balaban J connectivity index is 2.37. The van der Waals surface area contributed by atoms with E-state index in [-0.39, 0.29) is 5.82 Å². The predicted molar refractivity (Wildman–Crippen MR) is 78.3 cm³/mol. The van der Waals surface area contributed by atoms with Crippen molar-refractivity contribution in [1.29, 1.82) is 0 Å². The minimum atomic E-state index is -0.297. The monoisotopic (exact) mass is 392 g/mol. The molecular formula is C13H8Br2ClFO. The van der Waals surface area contributed by atoms with Gasteiger partial charge in [0.25, 0.3) is 0 Å². The molecule has 0 bridgehead atoms. The summed E-state index contributed by atoms with van der Waals surface area (Å²) in [6.07, 6.45) is 0. The second-order valence-electron chi connectivity index (χ2n) is 3.53. The van der Waals surface area contributed by atoms with E-state index in [1.807, 2.05) is 0 Å². The number of hydrogen-bond acceptors (Lipinski definition) is 1. The molecule has 0 N–H and O–H groups in total. The number of rotatable bonds is 3. The largest absolute Gasteiger partial charge is 0.456 e. The fraction of sp³-hybridized carbons (Fsp3) is 0.0769. The average molecular weight is 394 g/mol. The average Bonchev–Trinajstić information content (AvgIpc) is 2.33. The zero-order valence-corrected chi connectivity index (χ0v) is 13.0. The molecule has 0 aliphatic rings. The Morgan fingerprint density at radius 1 is 1.17 bits per heavy atom. The third-order valence-electron chi connectivity index (χ3n) is 2.32. The molecule has 0 amide bonds. The van der Waals surface area contributed by atoms with Crippen molar-refractivity contribution in [3.8, 4) is 11.5 Å². The van der Waals surface area contributed by atoms with Crippen LogP contribution in [0.15, 0.2) is 40.9 Å². The summed E-state index contributed by atoms with van der Waals surface area (Å²) < 4.78 is 20.0. The molecule has 0 radical (unpaired) electrons. The first-order valence-electron chi connectivity index (χ1n) is 5.08. The van der Waals surface area contributed by atoms with Crippen molar-refractivity contribution in [1.82, 2.24) is 0 Å². The Hall–Kier alpha value is -0.580. The molecule has 0 atom stereocenters. The van der Waals surface area contributed by atoms with Gasteiger partial charge in [0, 0.05) is 15.9 Å². The van der Waals surface area contributed by atoms with Crippen LogP contribution in [0.1, 0.15) is 5.56 Å². The Kier molecular flexibility index (Phi) is 4.65. The zero-order chi connectivity index (χ0) is 13.1. The lowest BCUT2D eigenvalue weighted by atomic mass is 10.2. The third-order valence-corrected chi connectivity index (χ3v) is 3.74. The van der Waals surface area contributed by atoms with E-state index in [4.69, 9.17) is 16.3 Å². The maximum Gasteiger partial charge on any atom is 0.141 e. The Morgan fingerprint density at radius 2 is 1.94 bits per heavy atom. The van der Waals surface area contributed by atoms with Gasteiger partial charge in [-0.05, 0) is 46.3 Å². The highest BCUT2D eigenvalue weighted by Crippen LogP contribution is 2.34. The summed E-state index contributed by atoms with van der Waals surface area (Å²) in [6, 6.07) is 9.91. The van der Waals surface area contributed by atoms with Crippen LogP contribution in [0.2, 0.25) is 5.02 Å². The van der Waals surface area contributed by atoms with Crippen LogP contribution in [-0.2, 0) is 5.33 Å². The van der Waals surface area contributed by atoms with Gasteiger partial charge in [-0.15, -0.1) is 0 Å². The van der Waals surface area contributed by atoms with Crippen LogP contribution in [0.3, 0.4) is 0 Å². The lowest BCUT2D eigenvalue weighted by molar-refractivity contribution is 0.468. The smallest absolute Gasteiger partial charge is 0.141 e. The molecular weight excluding hydrogens is 386 g/mol. The van der Waals surface area contributed by atoms with Crippen molar-refractivity contribution in [2.75, 3.05) is 0 Å². The molecule has 0 heterocycles. The molecule has 0 aliphatic carbocycles. The van der Waals surface area contributed by atoms with Gasteiger partial charge in [-0.25, -0.2) is 4.39 Å². The predicted octanol–water partition coefficient (Wildman–Crippen LogP) is 5.93. The van der Waals surface area contributed by atoms with Gasteiger partial charge < -0.3 is 4.74 Å². The van der Waals surface area contributed by atoms with Gasteiger partial charge in [0.05, 0.1) is 4.47 Å². The van der Waals surface area contributed by atoms with Gasteiger partial charge in [0.15, 0.2) is 0 Å². The molecule has 2 aromatic carbocycles. The fourth-order valence-corrected chi connectivity index (χ4v) is 2.75. The van der Waals surface area contributed by atoms with Crippen molar-refractivity contribution in [3.05, 3.63) is 57.3 Å². The minimum absolute atomic E-state index is 0.297. The number of alkyl halides is 1. The molecule has 2 rings (SSSR count). The van der Waals surface area contributed by atoms with E-state index in [1.165, 1.54) is 6.07 Å². The highest BCUT2D eigenvalue weighted by atomic mass is 79.9. The summed E-state index contributed by atoms with van der Waals surface area (Å²) in [5, 5.41) is 0.995. The maximum atomic E-state index is 13.6. The molecule has 5 heteroatoms. The number of benzene rings is 2. The summed E-state index contributed by atoms with van der Waals surface area (Å²) in [7, 11) is 0. The van der Waals surface area contributed by atoms with Crippen molar-refractivity contribution in [2.45, 2.75) is 5.33 Å². The van der Waals surface area contributed by atoms with Crippen LogP contribution in [-0.4, -0.2) is 0 Å². The highest BCUT2D eigenvalue weighted by molar-refractivity contribution is 9.10. The van der Waals surface area contributed by atoms with E-state index in [1.54, 1.807) is 30.3 Å². The first kappa shape index (κ1) is 13.8. The topological polar surface area (TPSA) is 9.23 Å². The first-order chi connectivity index (χ1) is 8.61. The fourth-order valence-electron chi connectivity index (χ4n) is 1.44. The van der Waals surface area contributed by atoms with Gasteiger partial charge in [-0.2, -0.15) is 0 Å².